The first kappa shape index (κ1) is 17.3. The van der Waals surface area contributed by atoms with Crippen LogP contribution in [0.3, 0.4) is 0 Å². The number of fused-ring (bicyclic) bond motifs is 1. The highest BCUT2D eigenvalue weighted by atomic mass is 79.9. The van der Waals surface area contributed by atoms with Gasteiger partial charge in [0, 0.05) is 41.1 Å². The minimum Gasteiger partial charge on any atom is -0.370 e. The summed E-state index contributed by atoms with van der Waals surface area (Å²) >= 11 is 3.58. The number of hydrogen-bond acceptors (Lipinski definition) is 2. The van der Waals surface area contributed by atoms with Crippen LogP contribution in [0.5, 0.6) is 0 Å². The Hall–Kier alpha value is -2.11. The lowest BCUT2D eigenvalue weighted by Gasteiger charge is -2.33. The van der Waals surface area contributed by atoms with Gasteiger partial charge >= 0.3 is 0 Å². The van der Waals surface area contributed by atoms with Crippen molar-refractivity contribution in [1.82, 2.24) is 9.47 Å². The molecule has 1 amide bonds. The van der Waals surface area contributed by atoms with E-state index in [1.807, 2.05) is 35.2 Å². The molecule has 5 heteroatoms. The van der Waals surface area contributed by atoms with Gasteiger partial charge in [-0.15, -0.1) is 0 Å². The summed E-state index contributed by atoms with van der Waals surface area (Å²) < 4.78 is 9.09. The van der Waals surface area contributed by atoms with Crippen LogP contribution in [0.25, 0.3) is 10.9 Å². The van der Waals surface area contributed by atoms with E-state index in [2.05, 4.69) is 51.0 Å². The van der Waals surface area contributed by atoms with Crippen molar-refractivity contribution in [2.45, 2.75) is 19.1 Å². The van der Waals surface area contributed by atoms with Crippen molar-refractivity contribution in [2.24, 2.45) is 0 Å². The maximum Gasteiger partial charge on any atom is 0.224 e. The van der Waals surface area contributed by atoms with Gasteiger partial charge < -0.3 is 14.2 Å². The monoisotopic (exact) mass is 412 g/mol. The zero-order chi connectivity index (χ0) is 17.9. The molecule has 0 aliphatic carbocycles. The van der Waals surface area contributed by atoms with Crippen molar-refractivity contribution in [3.63, 3.8) is 0 Å². The molecule has 134 valence electrons. The van der Waals surface area contributed by atoms with Crippen LogP contribution in [0.15, 0.2) is 65.3 Å². The van der Waals surface area contributed by atoms with Crippen LogP contribution >= 0.6 is 15.9 Å². The van der Waals surface area contributed by atoms with Gasteiger partial charge in [-0.3, -0.25) is 4.79 Å². The van der Waals surface area contributed by atoms with Crippen LogP contribution in [0, 0.1) is 0 Å². The molecule has 0 unspecified atom stereocenters. The van der Waals surface area contributed by atoms with E-state index in [1.54, 1.807) is 0 Å². The van der Waals surface area contributed by atoms with E-state index in [1.165, 1.54) is 5.39 Å². The molecule has 4 rings (SSSR count). The molecule has 1 fully saturated rings. The van der Waals surface area contributed by atoms with Crippen LogP contribution in [0.1, 0.15) is 18.1 Å². The van der Waals surface area contributed by atoms with Crippen molar-refractivity contribution in [3.05, 3.63) is 70.8 Å². The van der Waals surface area contributed by atoms with E-state index in [0.717, 1.165) is 15.6 Å². The van der Waals surface area contributed by atoms with Crippen molar-refractivity contribution in [3.8, 4) is 0 Å². The fourth-order valence-electron chi connectivity index (χ4n) is 3.50. The van der Waals surface area contributed by atoms with Gasteiger partial charge in [-0.2, -0.15) is 0 Å². The van der Waals surface area contributed by atoms with Gasteiger partial charge in [0.1, 0.15) is 6.10 Å². The third-order valence-electron chi connectivity index (χ3n) is 4.92. The summed E-state index contributed by atoms with van der Waals surface area (Å²) in [6, 6.07) is 18.4. The molecule has 1 aromatic heterocycles. The van der Waals surface area contributed by atoms with Crippen molar-refractivity contribution >= 4 is 32.7 Å². The molecular weight excluding hydrogens is 392 g/mol. The highest BCUT2D eigenvalue weighted by Gasteiger charge is 2.25. The Bertz CT molecular complexity index is 907. The Kier molecular flexibility index (Phi) is 5.09. The summed E-state index contributed by atoms with van der Waals surface area (Å²) in [6.45, 7) is 2.57. The lowest BCUT2D eigenvalue weighted by atomic mass is 10.1. The Morgan fingerprint density at radius 2 is 1.96 bits per heavy atom. The van der Waals surface area contributed by atoms with Gasteiger partial charge in [0.15, 0.2) is 0 Å². The van der Waals surface area contributed by atoms with Gasteiger partial charge in [0.05, 0.1) is 13.2 Å². The molecule has 1 saturated heterocycles. The van der Waals surface area contributed by atoms with Crippen LogP contribution in [0.4, 0.5) is 0 Å². The van der Waals surface area contributed by atoms with E-state index >= 15 is 0 Å². The Morgan fingerprint density at radius 1 is 1.12 bits per heavy atom. The summed E-state index contributed by atoms with van der Waals surface area (Å²) in [5.41, 5.74) is 2.28. The number of rotatable bonds is 4. The maximum absolute atomic E-state index is 12.7. The first-order valence-corrected chi connectivity index (χ1v) is 9.69. The topological polar surface area (TPSA) is 34.5 Å². The van der Waals surface area contributed by atoms with Crippen LogP contribution in [-0.4, -0.2) is 35.1 Å². The van der Waals surface area contributed by atoms with Crippen LogP contribution in [0.2, 0.25) is 0 Å². The molecule has 1 aliphatic heterocycles. The standard InChI is InChI=1S/C21H21BrN2O2/c22-18-7-4-8-19-17(18)9-11-23(19)12-10-21(25)24-13-14-26-20(15-24)16-5-2-1-3-6-16/h1-9,11,20H,10,12-15H2/t20-/m0/s1. The van der Waals surface area contributed by atoms with E-state index in [9.17, 15) is 4.79 Å². The number of carbonyl (C=O) groups excluding carboxylic acids is 1. The number of carbonyl (C=O) groups is 1. The van der Waals surface area contributed by atoms with E-state index in [0.29, 0.717) is 32.7 Å². The number of aryl methyl sites for hydroxylation is 1. The molecule has 2 aromatic carbocycles. The Labute approximate surface area is 161 Å². The number of hydrogen-bond donors (Lipinski definition) is 0. The average molecular weight is 413 g/mol. The van der Waals surface area contributed by atoms with E-state index < -0.39 is 0 Å². The SMILES string of the molecule is O=C(CCn1ccc2c(Br)cccc21)N1CCO[C@H](c2ccccc2)C1. The summed E-state index contributed by atoms with van der Waals surface area (Å²) in [5.74, 6) is 0.186. The summed E-state index contributed by atoms with van der Waals surface area (Å²) in [7, 11) is 0. The van der Waals surface area contributed by atoms with Gasteiger partial charge in [0.2, 0.25) is 5.91 Å². The number of halogens is 1. The molecule has 1 aliphatic rings. The number of aromatic nitrogens is 1. The molecule has 3 aromatic rings. The normalized spacial score (nSPS) is 17.6. The molecule has 26 heavy (non-hydrogen) atoms. The maximum atomic E-state index is 12.7. The largest absolute Gasteiger partial charge is 0.370 e. The Balaban J connectivity index is 1.40. The van der Waals surface area contributed by atoms with E-state index in [-0.39, 0.29) is 12.0 Å². The van der Waals surface area contributed by atoms with Crippen LogP contribution in [-0.2, 0) is 16.1 Å². The fourth-order valence-corrected chi connectivity index (χ4v) is 3.99. The highest BCUT2D eigenvalue weighted by molar-refractivity contribution is 9.10. The predicted octanol–water partition coefficient (Wildman–Crippen LogP) is 4.39. The zero-order valence-corrected chi connectivity index (χ0v) is 16.1. The third-order valence-corrected chi connectivity index (χ3v) is 5.61. The molecule has 0 radical (unpaired) electrons. The third kappa shape index (κ3) is 3.55. The first-order valence-electron chi connectivity index (χ1n) is 8.90. The number of morpholine rings is 1. The van der Waals surface area contributed by atoms with Gasteiger partial charge in [0.25, 0.3) is 0 Å². The van der Waals surface area contributed by atoms with Crippen molar-refractivity contribution in [2.75, 3.05) is 19.7 Å². The summed E-state index contributed by atoms with van der Waals surface area (Å²) in [4.78, 5) is 14.7. The lowest BCUT2D eigenvalue weighted by molar-refractivity contribution is -0.139. The van der Waals surface area contributed by atoms with Gasteiger partial charge in [-0.1, -0.05) is 52.3 Å². The number of ether oxygens (including phenoxy) is 1. The second-order valence-corrected chi connectivity index (χ2v) is 7.40. The van der Waals surface area contributed by atoms with Crippen molar-refractivity contribution in [1.29, 1.82) is 0 Å². The first-order chi connectivity index (χ1) is 12.7. The fraction of sp³-hybridized carbons (Fsp3) is 0.286. The molecule has 0 spiro atoms. The Morgan fingerprint density at radius 3 is 2.81 bits per heavy atom. The number of benzene rings is 2. The van der Waals surface area contributed by atoms with Crippen LogP contribution < -0.4 is 0 Å². The molecule has 0 bridgehead atoms. The zero-order valence-electron chi connectivity index (χ0n) is 14.5. The van der Waals surface area contributed by atoms with Gasteiger partial charge in [-0.25, -0.2) is 0 Å². The number of nitrogens with zero attached hydrogens (tertiary/aromatic N) is 2. The second-order valence-electron chi connectivity index (χ2n) is 6.54. The average Bonchev–Trinajstić information content (AvgIpc) is 3.11. The molecule has 4 nitrogen and oxygen atoms in total. The summed E-state index contributed by atoms with van der Waals surface area (Å²) in [5, 5.41) is 1.18. The highest BCUT2D eigenvalue weighted by Crippen LogP contribution is 2.25. The minimum absolute atomic E-state index is 0.0303. The molecule has 0 N–H and O–H groups in total. The number of amides is 1. The predicted molar refractivity (Wildman–Crippen MR) is 106 cm³/mol. The molecular formula is C21H21BrN2O2. The molecule has 2 heterocycles. The quantitative estimate of drug-likeness (QED) is 0.636. The van der Waals surface area contributed by atoms with Crippen molar-refractivity contribution < 1.29 is 9.53 Å². The molecule has 0 saturated carbocycles. The summed E-state index contributed by atoms with van der Waals surface area (Å²) in [6.07, 6.45) is 2.52. The van der Waals surface area contributed by atoms with E-state index in [4.69, 9.17) is 4.74 Å². The second kappa shape index (κ2) is 7.64. The minimum atomic E-state index is -0.0303. The smallest absolute Gasteiger partial charge is 0.224 e. The van der Waals surface area contributed by atoms with Gasteiger partial charge in [-0.05, 0) is 23.8 Å². The lowest BCUT2D eigenvalue weighted by Crippen LogP contribution is -2.42. The molecule has 1 atom stereocenters.